The van der Waals surface area contributed by atoms with Crippen LogP contribution in [-0.4, -0.2) is 4.92 Å². The number of benzene rings is 2. The first-order valence-electron chi connectivity index (χ1n) is 5.27. The van der Waals surface area contributed by atoms with Crippen molar-refractivity contribution in [2.75, 3.05) is 0 Å². The van der Waals surface area contributed by atoms with Gasteiger partial charge in [0, 0.05) is 17.7 Å². The predicted molar refractivity (Wildman–Crippen MR) is 68.8 cm³/mol. The van der Waals surface area contributed by atoms with Gasteiger partial charge in [-0.1, -0.05) is 41.9 Å². The molecule has 0 spiro atoms. The second kappa shape index (κ2) is 5.51. The number of hydrogen-bond acceptors (Lipinski definition) is 3. The van der Waals surface area contributed by atoms with Gasteiger partial charge in [-0.2, -0.15) is 0 Å². The van der Waals surface area contributed by atoms with Crippen molar-refractivity contribution < 1.29 is 9.66 Å². The van der Waals surface area contributed by atoms with E-state index >= 15 is 0 Å². The van der Waals surface area contributed by atoms with Crippen molar-refractivity contribution in [3.05, 3.63) is 70.3 Å². The lowest BCUT2D eigenvalue weighted by Crippen LogP contribution is -2.00. The fourth-order valence-electron chi connectivity index (χ4n) is 1.44. The molecule has 0 fully saturated rings. The van der Waals surface area contributed by atoms with Gasteiger partial charge in [-0.15, -0.1) is 0 Å². The van der Waals surface area contributed by atoms with Crippen molar-refractivity contribution in [2.45, 2.75) is 5.56 Å². The standard InChI is InChI=1S/C13H10ClNO3/c14-13(10-4-2-1-3-5-10)18-12-8-6-11(7-9-12)15(16)17/h1-9,13H. The number of nitro benzene ring substituents is 1. The maximum absolute atomic E-state index is 10.5. The summed E-state index contributed by atoms with van der Waals surface area (Å²) in [5, 5.41) is 10.5. The lowest BCUT2D eigenvalue weighted by molar-refractivity contribution is -0.384. The molecular weight excluding hydrogens is 254 g/mol. The minimum Gasteiger partial charge on any atom is -0.470 e. The molecule has 0 radical (unpaired) electrons. The van der Waals surface area contributed by atoms with Crippen molar-refractivity contribution in [3.8, 4) is 5.75 Å². The second-order valence-corrected chi connectivity index (χ2v) is 3.99. The Bertz CT molecular complexity index is 528. The number of hydrogen-bond donors (Lipinski definition) is 0. The van der Waals surface area contributed by atoms with E-state index in [4.69, 9.17) is 16.3 Å². The Morgan fingerprint density at radius 3 is 2.22 bits per heavy atom. The van der Waals surface area contributed by atoms with Crippen LogP contribution in [0.25, 0.3) is 0 Å². The third-order valence-electron chi connectivity index (χ3n) is 2.35. The predicted octanol–water partition coefficient (Wildman–Crippen LogP) is 3.91. The average Bonchev–Trinajstić information content (AvgIpc) is 2.40. The molecule has 4 nitrogen and oxygen atoms in total. The highest BCUT2D eigenvalue weighted by Gasteiger charge is 2.10. The van der Waals surface area contributed by atoms with E-state index in [9.17, 15) is 10.1 Å². The molecule has 0 aliphatic heterocycles. The monoisotopic (exact) mass is 263 g/mol. The van der Waals surface area contributed by atoms with E-state index < -0.39 is 10.5 Å². The number of alkyl halides is 1. The molecule has 0 saturated carbocycles. The van der Waals surface area contributed by atoms with Crippen molar-refractivity contribution in [1.82, 2.24) is 0 Å². The Kier molecular flexibility index (Phi) is 3.79. The number of non-ortho nitro benzene ring substituents is 1. The highest BCUT2D eigenvalue weighted by Crippen LogP contribution is 2.26. The summed E-state index contributed by atoms with van der Waals surface area (Å²) >= 11 is 6.09. The molecule has 92 valence electrons. The van der Waals surface area contributed by atoms with Gasteiger partial charge in [0.05, 0.1) is 4.92 Å². The molecular formula is C13H10ClNO3. The quantitative estimate of drug-likeness (QED) is 0.477. The summed E-state index contributed by atoms with van der Waals surface area (Å²) in [6.45, 7) is 0. The number of nitro groups is 1. The lowest BCUT2D eigenvalue weighted by atomic mass is 10.2. The summed E-state index contributed by atoms with van der Waals surface area (Å²) in [6, 6.07) is 15.1. The normalized spacial score (nSPS) is 11.8. The van der Waals surface area contributed by atoms with Gasteiger partial charge in [0.2, 0.25) is 0 Å². The van der Waals surface area contributed by atoms with Crippen LogP contribution in [0.15, 0.2) is 54.6 Å². The van der Waals surface area contributed by atoms with Crippen LogP contribution in [0.2, 0.25) is 0 Å². The fourth-order valence-corrected chi connectivity index (χ4v) is 1.69. The van der Waals surface area contributed by atoms with E-state index in [-0.39, 0.29) is 5.69 Å². The minimum atomic E-state index is -0.618. The summed E-state index contributed by atoms with van der Waals surface area (Å²) in [6.07, 6.45) is 0. The van der Waals surface area contributed by atoms with E-state index in [2.05, 4.69) is 0 Å². The SMILES string of the molecule is O=[N+]([O-])c1ccc(OC(Cl)c2ccccc2)cc1. The molecule has 1 unspecified atom stereocenters. The van der Waals surface area contributed by atoms with Crippen molar-refractivity contribution in [2.24, 2.45) is 0 Å². The van der Waals surface area contributed by atoms with E-state index in [0.29, 0.717) is 5.75 Å². The smallest absolute Gasteiger partial charge is 0.269 e. The summed E-state index contributed by atoms with van der Waals surface area (Å²) in [5.74, 6) is 0.490. The zero-order valence-corrected chi connectivity index (χ0v) is 10.1. The molecule has 18 heavy (non-hydrogen) atoms. The van der Waals surface area contributed by atoms with Gasteiger partial charge in [-0.3, -0.25) is 10.1 Å². The number of nitrogens with zero attached hydrogens (tertiary/aromatic N) is 1. The first-order chi connectivity index (χ1) is 8.66. The van der Waals surface area contributed by atoms with Crippen LogP contribution < -0.4 is 4.74 Å². The highest BCUT2D eigenvalue weighted by atomic mass is 35.5. The van der Waals surface area contributed by atoms with Crippen LogP contribution in [0.4, 0.5) is 5.69 Å². The van der Waals surface area contributed by atoms with Gasteiger partial charge >= 0.3 is 0 Å². The molecule has 5 heteroatoms. The van der Waals surface area contributed by atoms with Crippen molar-refractivity contribution >= 4 is 17.3 Å². The first-order valence-corrected chi connectivity index (χ1v) is 5.70. The molecule has 0 heterocycles. The Balaban J connectivity index is 2.08. The van der Waals surface area contributed by atoms with Gasteiger partial charge in [0.1, 0.15) is 5.75 Å². The molecule has 2 aromatic rings. The second-order valence-electron chi connectivity index (χ2n) is 3.60. The topological polar surface area (TPSA) is 52.4 Å². The van der Waals surface area contributed by atoms with Gasteiger partial charge in [-0.05, 0) is 12.1 Å². The Morgan fingerprint density at radius 1 is 1.06 bits per heavy atom. The van der Waals surface area contributed by atoms with Gasteiger partial charge in [0.25, 0.3) is 5.69 Å². The maximum Gasteiger partial charge on any atom is 0.269 e. The molecule has 2 rings (SSSR count). The Labute approximate surface area is 109 Å². The molecule has 0 amide bonds. The van der Waals surface area contributed by atoms with Crippen LogP contribution in [0, 0.1) is 10.1 Å². The van der Waals surface area contributed by atoms with Crippen molar-refractivity contribution in [1.29, 1.82) is 0 Å². The summed E-state index contributed by atoms with van der Waals surface area (Å²) in [4.78, 5) is 10.0. The van der Waals surface area contributed by atoms with Gasteiger partial charge in [0.15, 0.2) is 5.56 Å². The van der Waals surface area contributed by atoms with Crippen LogP contribution in [-0.2, 0) is 0 Å². The molecule has 0 aromatic heterocycles. The van der Waals surface area contributed by atoms with Crippen LogP contribution in [0.1, 0.15) is 11.1 Å². The maximum atomic E-state index is 10.5. The average molecular weight is 264 g/mol. The van der Waals surface area contributed by atoms with Crippen LogP contribution >= 0.6 is 11.6 Å². The van der Waals surface area contributed by atoms with Gasteiger partial charge < -0.3 is 4.74 Å². The zero-order chi connectivity index (χ0) is 13.0. The van der Waals surface area contributed by atoms with Crippen LogP contribution in [0.3, 0.4) is 0 Å². The minimum absolute atomic E-state index is 0.0215. The van der Waals surface area contributed by atoms with Crippen LogP contribution in [0.5, 0.6) is 5.75 Å². The highest BCUT2D eigenvalue weighted by molar-refractivity contribution is 6.20. The molecule has 0 bridgehead atoms. The third-order valence-corrected chi connectivity index (χ3v) is 2.69. The third kappa shape index (κ3) is 2.99. The zero-order valence-electron chi connectivity index (χ0n) is 9.32. The largest absolute Gasteiger partial charge is 0.470 e. The number of halogens is 1. The summed E-state index contributed by atoms with van der Waals surface area (Å²) in [7, 11) is 0. The molecule has 2 aromatic carbocycles. The summed E-state index contributed by atoms with van der Waals surface area (Å²) < 4.78 is 5.48. The van der Waals surface area contributed by atoms with Gasteiger partial charge in [-0.25, -0.2) is 0 Å². The Morgan fingerprint density at radius 2 is 1.67 bits per heavy atom. The molecule has 1 atom stereocenters. The van der Waals surface area contributed by atoms with Crippen molar-refractivity contribution in [3.63, 3.8) is 0 Å². The number of rotatable bonds is 4. The van der Waals surface area contributed by atoms with E-state index in [1.807, 2.05) is 30.3 Å². The first kappa shape index (κ1) is 12.4. The fraction of sp³-hybridized carbons (Fsp3) is 0.0769. The van der Waals surface area contributed by atoms with E-state index in [1.54, 1.807) is 0 Å². The molecule has 0 N–H and O–H groups in total. The molecule has 0 saturated heterocycles. The van der Waals surface area contributed by atoms with E-state index in [1.165, 1.54) is 24.3 Å². The lowest BCUT2D eigenvalue weighted by Gasteiger charge is -2.12. The number of ether oxygens (including phenoxy) is 1. The molecule has 0 aliphatic rings. The molecule has 0 aliphatic carbocycles. The Hall–Kier alpha value is -2.07. The van der Waals surface area contributed by atoms with E-state index in [0.717, 1.165) is 5.56 Å². The summed E-state index contributed by atoms with van der Waals surface area (Å²) in [5.41, 5.74) is 0.235.